The first-order valence-electron chi connectivity index (χ1n) is 5.96. The Morgan fingerprint density at radius 3 is 2.55 bits per heavy atom. The minimum atomic E-state index is -4.54. The number of aromatic nitrogens is 1. The van der Waals surface area contributed by atoms with Gasteiger partial charge in [-0.1, -0.05) is 19.1 Å². The highest BCUT2D eigenvalue weighted by molar-refractivity contribution is 7.15. The molecule has 0 aliphatic heterocycles. The number of benzene rings is 1. The molecule has 7 heteroatoms. The summed E-state index contributed by atoms with van der Waals surface area (Å²) in [5.41, 5.74) is -0.854. The van der Waals surface area contributed by atoms with Crippen molar-refractivity contribution in [2.75, 3.05) is 6.54 Å². The Bertz CT molecular complexity index is 592. The van der Waals surface area contributed by atoms with Crippen molar-refractivity contribution in [3.63, 3.8) is 0 Å². The van der Waals surface area contributed by atoms with E-state index in [4.69, 9.17) is 0 Å². The minimum Gasteiger partial charge on any atom is -0.312 e. The Balaban J connectivity index is 2.46. The number of thiazole rings is 1. The van der Waals surface area contributed by atoms with Gasteiger partial charge in [0.05, 0.1) is 4.88 Å². The van der Waals surface area contributed by atoms with Crippen molar-refractivity contribution in [3.8, 4) is 10.6 Å². The molecule has 2 nitrogen and oxygen atoms in total. The van der Waals surface area contributed by atoms with E-state index < -0.39 is 17.7 Å². The van der Waals surface area contributed by atoms with Gasteiger partial charge in [-0.05, 0) is 18.7 Å². The van der Waals surface area contributed by atoms with Crippen LogP contribution < -0.4 is 5.32 Å². The third-order valence-corrected chi connectivity index (χ3v) is 3.69. The Morgan fingerprint density at radius 2 is 1.95 bits per heavy atom. The molecule has 0 radical (unpaired) electrons. The second-order valence-electron chi connectivity index (χ2n) is 4.05. The van der Waals surface area contributed by atoms with E-state index in [2.05, 4.69) is 10.3 Å². The predicted molar refractivity (Wildman–Crippen MR) is 69.9 cm³/mol. The van der Waals surface area contributed by atoms with Gasteiger partial charge >= 0.3 is 6.18 Å². The average molecular weight is 304 g/mol. The normalized spacial score (nSPS) is 11.8. The zero-order valence-electron chi connectivity index (χ0n) is 10.6. The third kappa shape index (κ3) is 3.16. The molecule has 0 atom stereocenters. The molecule has 0 aliphatic rings. The highest BCUT2D eigenvalue weighted by Gasteiger charge is 2.37. The summed E-state index contributed by atoms with van der Waals surface area (Å²) in [5, 5.41) is 2.88. The van der Waals surface area contributed by atoms with Crippen LogP contribution in [-0.2, 0) is 12.7 Å². The van der Waals surface area contributed by atoms with E-state index in [1.807, 2.05) is 0 Å². The van der Waals surface area contributed by atoms with Crippen LogP contribution in [0.4, 0.5) is 17.6 Å². The van der Waals surface area contributed by atoms with Crippen molar-refractivity contribution in [1.82, 2.24) is 10.3 Å². The molecule has 1 N–H and O–H groups in total. The van der Waals surface area contributed by atoms with Crippen LogP contribution in [0.5, 0.6) is 0 Å². The molecule has 1 aromatic heterocycles. The molecule has 2 rings (SSSR count). The van der Waals surface area contributed by atoms with E-state index in [9.17, 15) is 17.6 Å². The summed E-state index contributed by atoms with van der Waals surface area (Å²) < 4.78 is 52.4. The number of hydrogen-bond donors (Lipinski definition) is 1. The van der Waals surface area contributed by atoms with Gasteiger partial charge in [0.25, 0.3) is 0 Å². The zero-order chi connectivity index (χ0) is 14.8. The van der Waals surface area contributed by atoms with Crippen molar-refractivity contribution < 1.29 is 17.6 Å². The Hall–Kier alpha value is -1.47. The SMILES string of the molecule is CCNCc1sc(-c2ccccc2F)nc1C(F)(F)F. The van der Waals surface area contributed by atoms with Gasteiger partial charge in [-0.2, -0.15) is 13.2 Å². The van der Waals surface area contributed by atoms with Crippen molar-refractivity contribution >= 4 is 11.3 Å². The topological polar surface area (TPSA) is 24.9 Å². The lowest BCUT2D eigenvalue weighted by molar-refractivity contribution is -0.141. The Morgan fingerprint density at radius 1 is 1.25 bits per heavy atom. The van der Waals surface area contributed by atoms with Gasteiger partial charge in [0, 0.05) is 12.1 Å². The molecule has 0 bridgehead atoms. The van der Waals surface area contributed by atoms with Crippen LogP contribution in [0, 0.1) is 5.82 Å². The van der Waals surface area contributed by atoms with E-state index in [1.165, 1.54) is 18.2 Å². The number of nitrogens with one attached hydrogen (secondary N) is 1. The zero-order valence-corrected chi connectivity index (χ0v) is 11.4. The van der Waals surface area contributed by atoms with E-state index in [0.29, 0.717) is 6.54 Å². The van der Waals surface area contributed by atoms with Crippen LogP contribution in [0.2, 0.25) is 0 Å². The molecular formula is C13H12F4N2S. The van der Waals surface area contributed by atoms with Gasteiger partial charge < -0.3 is 5.32 Å². The van der Waals surface area contributed by atoms with Crippen LogP contribution in [0.15, 0.2) is 24.3 Å². The molecule has 0 spiro atoms. The summed E-state index contributed by atoms with van der Waals surface area (Å²) >= 11 is 0.860. The van der Waals surface area contributed by atoms with Crippen molar-refractivity contribution in [3.05, 3.63) is 40.7 Å². The lowest BCUT2D eigenvalue weighted by Crippen LogP contribution is -2.15. The van der Waals surface area contributed by atoms with Crippen LogP contribution in [0.1, 0.15) is 17.5 Å². The maximum absolute atomic E-state index is 13.6. The molecule has 0 fully saturated rings. The first kappa shape index (κ1) is 14.9. The molecule has 0 saturated heterocycles. The lowest BCUT2D eigenvalue weighted by atomic mass is 10.2. The number of halogens is 4. The fourth-order valence-electron chi connectivity index (χ4n) is 1.68. The molecule has 108 valence electrons. The van der Waals surface area contributed by atoms with Crippen LogP contribution >= 0.6 is 11.3 Å². The summed E-state index contributed by atoms with van der Waals surface area (Å²) in [6.07, 6.45) is -4.54. The number of nitrogens with zero attached hydrogens (tertiary/aromatic N) is 1. The molecule has 1 heterocycles. The standard InChI is InChI=1S/C13H12F4N2S/c1-2-18-7-10-11(13(15,16)17)19-12(20-10)8-5-3-4-6-9(8)14/h3-6,18H,2,7H2,1H3. The molecule has 0 unspecified atom stereocenters. The molecule has 2 aromatic rings. The second-order valence-corrected chi connectivity index (χ2v) is 5.13. The second kappa shape index (κ2) is 5.88. The van der Waals surface area contributed by atoms with Gasteiger partial charge in [0.1, 0.15) is 10.8 Å². The average Bonchev–Trinajstić information content (AvgIpc) is 2.80. The van der Waals surface area contributed by atoms with E-state index >= 15 is 0 Å². The fourth-order valence-corrected chi connectivity index (χ4v) is 2.76. The summed E-state index contributed by atoms with van der Waals surface area (Å²) in [5.74, 6) is -0.579. The summed E-state index contributed by atoms with van der Waals surface area (Å²) in [7, 11) is 0. The molecule has 0 amide bonds. The quantitative estimate of drug-likeness (QED) is 0.861. The number of alkyl halides is 3. The Labute approximate surface area is 117 Å². The maximum Gasteiger partial charge on any atom is 0.434 e. The molecule has 0 saturated carbocycles. The molecular weight excluding hydrogens is 292 g/mol. The lowest BCUT2D eigenvalue weighted by Gasteiger charge is -2.05. The largest absolute Gasteiger partial charge is 0.434 e. The van der Waals surface area contributed by atoms with Crippen LogP contribution in [0.3, 0.4) is 0 Å². The van der Waals surface area contributed by atoms with Gasteiger partial charge in [0.15, 0.2) is 5.69 Å². The van der Waals surface area contributed by atoms with Crippen LogP contribution in [-0.4, -0.2) is 11.5 Å². The first-order valence-corrected chi connectivity index (χ1v) is 6.77. The van der Waals surface area contributed by atoms with E-state index in [-0.39, 0.29) is 22.0 Å². The summed E-state index contributed by atoms with van der Waals surface area (Å²) in [6, 6.07) is 5.67. The fraction of sp³-hybridized carbons (Fsp3) is 0.308. The molecule has 20 heavy (non-hydrogen) atoms. The van der Waals surface area contributed by atoms with Gasteiger partial charge in [-0.15, -0.1) is 11.3 Å². The molecule has 1 aromatic carbocycles. The highest BCUT2D eigenvalue weighted by atomic mass is 32.1. The van der Waals surface area contributed by atoms with Gasteiger partial charge in [0.2, 0.25) is 0 Å². The van der Waals surface area contributed by atoms with E-state index in [0.717, 1.165) is 11.3 Å². The molecule has 0 aliphatic carbocycles. The first-order chi connectivity index (χ1) is 9.43. The van der Waals surface area contributed by atoms with Crippen molar-refractivity contribution in [1.29, 1.82) is 0 Å². The summed E-state index contributed by atoms with van der Waals surface area (Å²) in [6.45, 7) is 2.41. The maximum atomic E-state index is 13.6. The monoisotopic (exact) mass is 304 g/mol. The minimum absolute atomic E-state index is 0.0447. The van der Waals surface area contributed by atoms with Gasteiger partial charge in [-0.25, -0.2) is 9.37 Å². The highest BCUT2D eigenvalue weighted by Crippen LogP contribution is 2.38. The van der Waals surface area contributed by atoms with Crippen molar-refractivity contribution in [2.45, 2.75) is 19.6 Å². The third-order valence-electron chi connectivity index (χ3n) is 2.61. The van der Waals surface area contributed by atoms with Gasteiger partial charge in [-0.3, -0.25) is 0 Å². The summed E-state index contributed by atoms with van der Waals surface area (Å²) in [4.78, 5) is 3.65. The Kier molecular flexibility index (Phi) is 4.39. The van der Waals surface area contributed by atoms with Crippen molar-refractivity contribution in [2.24, 2.45) is 0 Å². The predicted octanol–water partition coefficient (Wildman–Crippen LogP) is 4.08. The number of rotatable bonds is 4. The van der Waals surface area contributed by atoms with E-state index in [1.54, 1.807) is 13.0 Å². The number of hydrogen-bond acceptors (Lipinski definition) is 3. The van der Waals surface area contributed by atoms with Crippen LogP contribution in [0.25, 0.3) is 10.6 Å². The smallest absolute Gasteiger partial charge is 0.312 e.